The van der Waals surface area contributed by atoms with E-state index in [-0.39, 0.29) is 17.1 Å². The van der Waals surface area contributed by atoms with Gasteiger partial charge in [-0.15, -0.1) is 0 Å². The molecule has 0 aliphatic heterocycles. The molecule has 6 nitrogen and oxygen atoms in total. The zero-order valence-electron chi connectivity index (χ0n) is 19.4. The van der Waals surface area contributed by atoms with Crippen LogP contribution in [0, 0.1) is 0 Å². The lowest BCUT2D eigenvalue weighted by Gasteiger charge is -2.25. The first-order chi connectivity index (χ1) is 17.5. The van der Waals surface area contributed by atoms with Crippen molar-refractivity contribution in [2.75, 3.05) is 11.1 Å². The molecular formula is C30H21N3O3. The Morgan fingerprint density at radius 2 is 1.53 bits per heavy atom. The number of anilines is 3. The highest BCUT2D eigenvalue weighted by Crippen LogP contribution is 2.44. The highest BCUT2D eigenvalue weighted by molar-refractivity contribution is 6.31. The number of aromatic nitrogens is 1. The third-order valence-corrected chi connectivity index (χ3v) is 6.66. The van der Waals surface area contributed by atoms with Gasteiger partial charge in [0.05, 0.1) is 22.3 Å². The molecule has 174 valence electrons. The highest BCUT2D eigenvalue weighted by Gasteiger charge is 2.33. The minimum absolute atomic E-state index is 0.0542. The van der Waals surface area contributed by atoms with E-state index in [0.29, 0.717) is 50.1 Å². The van der Waals surface area contributed by atoms with E-state index in [9.17, 15) is 14.4 Å². The number of benzene rings is 4. The second-order valence-electron chi connectivity index (χ2n) is 8.82. The number of nitrogen functional groups attached to an aromatic ring is 1. The Bertz CT molecular complexity index is 1790. The van der Waals surface area contributed by atoms with Crippen LogP contribution in [0.4, 0.5) is 17.1 Å². The van der Waals surface area contributed by atoms with E-state index in [0.717, 1.165) is 5.69 Å². The van der Waals surface area contributed by atoms with Gasteiger partial charge in [0.25, 0.3) is 5.56 Å². The van der Waals surface area contributed by atoms with E-state index in [2.05, 4.69) is 5.32 Å². The minimum atomic E-state index is -0.405. The molecule has 0 fully saturated rings. The minimum Gasteiger partial charge on any atom is -0.399 e. The van der Waals surface area contributed by atoms with Gasteiger partial charge in [0.15, 0.2) is 11.6 Å². The van der Waals surface area contributed by atoms with Gasteiger partial charge in [-0.25, -0.2) is 0 Å². The largest absolute Gasteiger partial charge is 0.399 e. The number of ketones is 2. The van der Waals surface area contributed by atoms with Gasteiger partial charge in [0.1, 0.15) is 0 Å². The van der Waals surface area contributed by atoms with E-state index in [1.807, 2.05) is 24.3 Å². The number of hydrogen-bond donors (Lipinski definition) is 2. The molecule has 3 N–H and O–H groups in total. The summed E-state index contributed by atoms with van der Waals surface area (Å²) >= 11 is 0. The van der Waals surface area contributed by atoms with Crippen LogP contribution in [0.25, 0.3) is 22.0 Å². The van der Waals surface area contributed by atoms with E-state index < -0.39 is 5.56 Å². The van der Waals surface area contributed by atoms with Gasteiger partial charge >= 0.3 is 0 Å². The van der Waals surface area contributed by atoms with Crippen molar-refractivity contribution in [2.24, 2.45) is 7.05 Å². The lowest BCUT2D eigenvalue weighted by molar-refractivity contribution is 0.102. The predicted molar refractivity (Wildman–Crippen MR) is 142 cm³/mol. The average Bonchev–Trinajstić information content (AvgIpc) is 2.90. The van der Waals surface area contributed by atoms with Crippen LogP contribution in [0.2, 0.25) is 0 Å². The van der Waals surface area contributed by atoms with Crippen LogP contribution < -0.4 is 16.6 Å². The number of nitrogens with zero attached hydrogens (tertiary/aromatic N) is 1. The molecule has 5 aromatic rings. The maximum absolute atomic E-state index is 13.9. The average molecular weight is 472 g/mol. The summed E-state index contributed by atoms with van der Waals surface area (Å²) in [5.74, 6) is -0.552. The SMILES string of the molecule is Cn1c(=O)c(C(=O)c2ccccc2)c2c3c(c(Nc4cccc(N)c4)ccc31)C(=O)c1ccccc1-2. The molecule has 1 heterocycles. The molecule has 0 bridgehead atoms. The van der Waals surface area contributed by atoms with Gasteiger partial charge in [-0.1, -0.05) is 60.7 Å². The van der Waals surface area contributed by atoms with Crippen LogP contribution >= 0.6 is 0 Å². The normalized spacial score (nSPS) is 11.9. The van der Waals surface area contributed by atoms with E-state index in [1.165, 1.54) is 4.57 Å². The summed E-state index contributed by atoms with van der Waals surface area (Å²) in [6, 6.07) is 26.7. The molecule has 1 aromatic heterocycles. The van der Waals surface area contributed by atoms with Crippen molar-refractivity contribution in [1.82, 2.24) is 4.57 Å². The zero-order chi connectivity index (χ0) is 25.0. The Morgan fingerprint density at radius 1 is 0.806 bits per heavy atom. The number of nitrogens with two attached hydrogens (primary N) is 1. The van der Waals surface area contributed by atoms with Crippen molar-refractivity contribution >= 4 is 39.5 Å². The molecule has 6 rings (SSSR count). The number of aryl methyl sites for hydroxylation is 1. The summed E-state index contributed by atoms with van der Waals surface area (Å²) in [6.07, 6.45) is 0. The number of nitrogens with one attached hydrogen (secondary N) is 1. The predicted octanol–water partition coefficient (Wildman–Crippen LogP) is 5.31. The second-order valence-corrected chi connectivity index (χ2v) is 8.82. The molecule has 0 atom stereocenters. The lowest BCUT2D eigenvalue weighted by atomic mass is 9.80. The molecule has 0 spiro atoms. The third-order valence-electron chi connectivity index (χ3n) is 6.66. The summed E-state index contributed by atoms with van der Waals surface area (Å²) in [5, 5.41) is 3.90. The Balaban J connectivity index is 1.73. The number of carbonyl (C=O) groups excluding carboxylic acids is 2. The molecule has 0 saturated carbocycles. The second kappa shape index (κ2) is 8.06. The van der Waals surface area contributed by atoms with Crippen molar-refractivity contribution in [3.8, 4) is 11.1 Å². The summed E-state index contributed by atoms with van der Waals surface area (Å²) in [5.41, 5.74) is 10.4. The van der Waals surface area contributed by atoms with Crippen LogP contribution in [-0.2, 0) is 7.05 Å². The topological polar surface area (TPSA) is 94.2 Å². The first-order valence-electron chi connectivity index (χ1n) is 11.5. The molecule has 6 heteroatoms. The number of fused-ring (bicyclic) bond motifs is 2. The van der Waals surface area contributed by atoms with Crippen molar-refractivity contribution in [3.63, 3.8) is 0 Å². The number of rotatable bonds is 4. The fraction of sp³-hybridized carbons (Fsp3) is 0.0333. The lowest BCUT2D eigenvalue weighted by Crippen LogP contribution is -2.29. The fourth-order valence-corrected chi connectivity index (χ4v) is 4.99. The van der Waals surface area contributed by atoms with Gasteiger partial charge in [-0.05, 0) is 35.9 Å². The smallest absolute Gasteiger partial charge is 0.262 e. The van der Waals surface area contributed by atoms with Crippen LogP contribution in [0.3, 0.4) is 0 Å². The van der Waals surface area contributed by atoms with E-state index in [1.54, 1.807) is 73.8 Å². The van der Waals surface area contributed by atoms with Crippen LogP contribution in [0.1, 0.15) is 31.8 Å². The molecule has 1 aliphatic rings. The molecular weight excluding hydrogens is 450 g/mol. The van der Waals surface area contributed by atoms with Crippen LogP contribution in [0.15, 0.2) is 95.8 Å². The summed E-state index contributed by atoms with van der Waals surface area (Å²) in [4.78, 5) is 41.3. The molecule has 0 radical (unpaired) electrons. The van der Waals surface area contributed by atoms with Gasteiger partial charge in [-0.3, -0.25) is 14.4 Å². The van der Waals surface area contributed by atoms with Crippen LogP contribution in [0.5, 0.6) is 0 Å². The first kappa shape index (κ1) is 21.6. The maximum atomic E-state index is 13.9. The number of pyridine rings is 1. The molecule has 4 aromatic carbocycles. The summed E-state index contributed by atoms with van der Waals surface area (Å²) in [7, 11) is 1.63. The van der Waals surface area contributed by atoms with Crippen LogP contribution in [-0.4, -0.2) is 16.1 Å². The Hall–Kier alpha value is -4.97. The van der Waals surface area contributed by atoms with E-state index in [4.69, 9.17) is 5.73 Å². The summed E-state index contributed by atoms with van der Waals surface area (Å²) in [6.45, 7) is 0. The molecule has 0 unspecified atom stereocenters. The summed E-state index contributed by atoms with van der Waals surface area (Å²) < 4.78 is 1.45. The third kappa shape index (κ3) is 3.15. The van der Waals surface area contributed by atoms with Gasteiger partial charge in [-0.2, -0.15) is 0 Å². The first-order valence-corrected chi connectivity index (χ1v) is 11.5. The van der Waals surface area contributed by atoms with Crippen molar-refractivity contribution in [3.05, 3.63) is 124 Å². The van der Waals surface area contributed by atoms with E-state index >= 15 is 0 Å². The van der Waals surface area contributed by atoms with Gasteiger partial charge < -0.3 is 15.6 Å². The maximum Gasteiger partial charge on any atom is 0.262 e. The molecule has 0 amide bonds. The van der Waals surface area contributed by atoms with Gasteiger partial charge in [0, 0.05) is 40.5 Å². The number of carbonyl (C=O) groups is 2. The highest BCUT2D eigenvalue weighted by atomic mass is 16.1. The molecule has 1 aliphatic carbocycles. The fourth-order valence-electron chi connectivity index (χ4n) is 4.99. The Morgan fingerprint density at radius 3 is 2.28 bits per heavy atom. The van der Waals surface area contributed by atoms with Crippen molar-refractivity contribution < 1.29 is 9.59 Å². The van der Waals surface area contributed by atoms with Crippen molar-refractivity contribution in [1.29, 1.82) is 0 Å². The zero-order valence-corrected chi connectivity index (χ0v) is 19.4. The standard InChI is InChI=1S/C30H21N3O3/c1-33-23-15-14-22(32-19-11-7-10-18(31)16-19)25-26(23)24(20-12-5-6-13-21(20)29(25)35)27(30(33)36)28(34)17-8-3-2-4-9-17/h2-16,32H,31H2,1H3. The van der Waals surface area contributed by atoms with Gasteiger partial charge in [0.2, 0.25) is 0 Å². The molecule has 0 saturated heterocycles. The Labute approximate surface area is 206 Å². The monoisotopic (exact) mass is 471 g/mol. The quantitative estimate of drug-likeness (QED) is 0.269. The molecule has 36 heavy (non-hydrogen) atoms. The number of hydrogen-bond acceptors (Lipinski definition) is 5. The Kier molecular flexibility index (Phi) is 4.83. The van der Waals surface area contributed by atoms with Crippen molar-refractivity contribution in [2.45, 2.75) is 0 Å².